The Kier molecular flexibility index (Phi) is 5.11. The molecule has 1 N–H and O–H groups in total. The van der Waals surface area contributed by atoms with Gasteiger partial charge in [-0.3, -0.25) is 0 Å². The Bertz CT molecular complexity index is 605. The highest BCUT2D eigenvalue weighted by molar-refractivity contribution is 5.36. The van der Waals surface area contributed by atoms with Crippen molar-refractivity contribution >= 4 is 0 Å². The number of likely N-dealkylation sites (N-methyl/N-ethyl adjacent to an activating group) is 1. The van der Waals surface area contributed by atoms with Crippen LogP contribution in [0.1, 0.15) is 11.6 Å². The molecule has 0 bridgehead atoms. The molecule has 0 saturated carbocycles. The fourth-order valence-electron chi connectivity index (χ4n) is 2.05. The van der Waals surface area contributed by atoms with Crippen molar-refractivity contribution in [2.45, 2.75) is 6.04 Å². The summed E-state index contributed by atoms with van der Waals surface area (Å²) in [5, 5.41) is 3.08. The number of hydrogen-bond acceptors (Lipinski definition) is 3. The van der Waals surface area contributed by atoms with Crippen molar-refractivity contribution in [2.75, 3.05) is 20.8 Å². The molecule has 5 heteroatoms. The third-order valence-corrected chi connectivity index (χ3v) is 3.18. The quantitative estimate of drug-likeness (QED) is 0.886. The predicted octanol–water partition coefficient (Wildman–Crippen LogP) is 3.31. The lowest BCUT2D eigenvalue weighted by molar-refractivity contribution is 0.254. The van der Waals surface area contributed by atoms with Crippen molar-refractivity contribution in [1.29, 1.82) is 0 Å². The molecule has 3 nitrogen and oxygen atoms in total. The summed E-state index contributed by atoms with van der Waals surface area (Å²) in [4.78, 5) is 0. The van der Waals surface area contributed by atoms with Crippen molar-refractivity contribution in [3.05, 3.63) is 59.7 Å². The van der Waals surface area contributed by atoms with E-state index in [-0.39, 0.29) is 18.4 Å². The number of benzene rings is 2. The first kappa shape index (κ1) is 15.3. The van der Waals surface area contributed by atoms with Crippen molar-refractivity contribution in [3.63, 3.8) is 0 Å². The molecular formula is C16H17F2NO2. The monoisotopic (exact) mass is 293 g/mol. The number of nitrogens with one attached hydrogen (secondary N) is 1. The number of ether oxygens (including phenoxy) is 2. The highest BCUT2D eigenvalue weighted by Gasteiger charge is 2.16. The molecule has 0 heterocycles. The fraction of sp³-hybridized carbons (Fsp3) is 0.250. The largest absolute Gasteiger partial charge is 0.496 e. The average molecular weight is 293 g/mol. The fourth-order valence-corrected chi connectivity index (χ4v) is 2.05. The van der Waals surface area contributed by atoms with Crippen molar-refractivity contribution in [1.82, 2.24) is 5.32 Å². The first-order valence-electron chi connectivity index (χ1n) is 6.54. The average Bonchev–Trinajstić information content (AvgIpc) is 2.52. The molecule has 1 unspecified atom stereocenters. The first-order valence-corrected chi connectivity index (χ1v) is 6.54. The maximum absolute atomic E-state index is 13.6. The van der Waals surface area contributed by atoms with Crippen LogP contribution in [0.5, 0.6) is 11.5 Å². The predicted molar refractivity (Wildman–Crippen MR) is 76.6 cm³/mol. The lowest BCUT2D eigenvalue weighted by atomic mass is 10.1. The summed E-state index contributed by atoms with van der Waals surface area (Å²) in [6.07, 6.45) is 0. The van der Waals surface area contributed by atoms with E-state index in [0.717, 1.165) is 11.6 Å². The molecule has 0 aromatic heterocycles. The van der Waals surface area contributed by atoms with Gasteiger partial charge in [0.05, 0.1) is 13.2 Å². The summed E-state index contributed by atoms with van der Waals surface area (Å²) < 4.78 is 37.4. The summed E-state index contributed by atoms with van der Waals surface area (Å²) in [5.41, 5.74) is 0.888. The smallest absolute Gasteiger partial charge is 0.200 e. The summed E-state index contributed by atoms with van der Waals surface area (Å²) in [7, 11) is 3.35. The van der Waals surface area contributed by atoms with E-state index < -0.39 is 11.6 Å². The molecular weight excluding hydrogens is 276 g/mol. The zero-order valence-electron chi connectivity index (χ0n) is 11.9. The van der Waals surface area contributed by atoms with Crippen LogP contribution in [0.2, 0.25) is 0 Å². The van der Waals surface area contributed by atoms with Crippen LogP contribution in [0.4, 0.5) is 8.78 Å². The molecule has 2 rings (SSSR count). The number of hydrogen-bond donors (Lipinski definition) is 1. The van der Waals surface area contributed by atoms with Gasteiger partial charge in [-0.1, -0.05) is 24.3 Å². The minimum atomic E-state index is -0.979. The molecule has 2 aromatic rings. The van der Waals surface area contributed by atoms with Gasteiger partial charge in [-0.2, -0.15) is 4.39 Å². The summed E-state index contributed by atoms with van der Waals surface area (Å²) in [5.74, 6) is -1.30. The van der Waals surface area contributed by atoms with Gasteiger partial charge in [0.15, 0.2) is 11.6 Å². The van der Waals surface area contributed by atoms with Gasteiger partial charge in [0.1, 0.15) is 12.4 Å². The van der Waals surface area contributed by atoms with E-state index in [0.29, 0.717) is 5.75 Å². The third-order valence-electron chi connectivity index (χ3n) is 3.18. The second kappa shape index (κ2) is 7.04. The number of methoxy groups -OCH3 is 1. The molecule has 21 heavy (non-hydrogen) atoms. The molecule has 0 aliphatic carbocycles. The first-order chi connectivity index (χ1) is 10.2. The summed E-state index contributed by atoms with van der Waals surface area (Å²) in [6, 6.07) is 11.1. The zero-order chi connectivity index (χ0) is 15.2. The standard InChI is InChI=1S/C16H17F2NO2/c1-19-13(11-6-3-4-8-14(11)20-2)10-21-15-9-5-7-12(17)16(15)18/h3-9,13,19H,10H2,1-2H3. The van der Waals surface area contributed by atoms with E-state index >= 15 is 0 Å². The molecule has 0 amide bonds. The van der Waals surface area contributed by atoms with Crippen LogP contribution in [0.15, 0.2) is 42.5 Å². The van der Waals surface area contributed by atoms with E-state index in [4.69, 9.17) is 9.47 Å². The van der Waals surface area contributed by atoms with Gasteiger partial charge in [0.2, 0.25) is 5.82 Å². The molecule has 0 aliphatic rings. The van der Waals surface area contributed by atoms with Gasteiger partial charge in [-0.25, -0.2) is 4.39 Å². The van der Waals surface area contributed by atoms with Gasteiger partial charge in [-0.15, -0.1) is 0 Å². The topological polar surface area (TPSA) is 30.5 Å². The molecule has 0 fully saturated rings. The number of para-hydroxylation sites is 1. The lowest BCUT2D eigenvalue weighted by Crippen LogP contribution is -2.24. The SMILES string of the molecule is CNC(COc1cccc(F)c1F)c1ccccc1OC. The Balaban J connectivity index is 2.14. The van der Waals surface area contributed by atoms with E-state index in [2.05, 4.69) is 5.32 Å². The molecule has 0 radical (unpaired) electrons. The Hall–Kier alpha value is -2.14. The van der Waals surface area contributed by atoms with Gasteiger partial charge in [0.25, 0.3) is 0 Å². The van der Waals surface area contributed by atoms with E-state index in [1.54, 1.807) is 14.2 Å². The Morgan fingerprint density at radius 3 is 2.48 bits per heavy atom. The van der Waals surface area contributed by atoms with Crippen LogP contribution in [-0.2, 0) is 0 Å². The second-order valence-corrected chi connectivity index (χ2v) is 4.45. The normalized spacial score (nSPS) is 12.0. The summed E-state index contributed by atoms with van der Waals surface area (Å²) in [6.45, 7) is 0.150. The maximum atomic E-state index is 13.6. The van der Waals surface area contributed by atoms with Crippen molar-refractivity contribution in [2.24, 2.45) is 0 Å². The van der Waals surface area contributed by atoms with Crippen LogP contribution in [0, 0.1) is 11.6 Å². The number of halogens is 2. The van der Waals surface area contributed by atoms with Gasteiger partial charge >= 0.3 is 0 Å². The van der Waals surface area contributed by atoms with Crippen LogP contribution < -0.4 is 14.8 Å². The van der Waals surface area contributed by atoms with Gasteiger partial charge in [-0.05, 0) is 25.2 Å². The van der Waals surface area contributed by atoms with Crippen molar-refractivity contribution in [3.8, 4) is 11.5 Å². The van der Waals surface area contributed by atoms with Crippen molar-refractivity contribution < 1.29 is 18.3 Å². The van der Waals surface area contributed by atoms with Crippen LogP contribution in [0.25, 0.3) is 0 Å². The van der Waals surface area contributed by atoms with E-state index in [1.165, 1.54) is 12.1 Å². The molecule has 112 valence electrons. The van der Waals surface area contributed by atoms with Crippen LogP contribution in [0.3, 0.4) is 0 Å². The Labute approximate surface area is 122 Å². The minimum Gasteiger partial charge on any atom is -0.496 e. The molecule has 0 saturated heterocycles. The van der Waals surface area contributed by atoms with Crippen LogP contribution in [-0.4, -0.2) is 20.8 Å². The Morgan fingerprint density at radius 1 is 1.05 bits per heavy atom. The zero-order valence-corrected chi connectivity index (χ0v) is 11.9. The molecule has 2 aromatic carbocycles. The third kappa shape index (κ3) is 3.49. The molecule has 1 atom stereocenters. The highest BCUT2D eigenvalue weighted by Crippen LogP contribution is 2.26. The Morgan fingerprint density at radius 2 is 1.76 bits per heavy atom. The van der Waals surface area contributed by atoms with Gasteiger partial charge < -0.3 is 14.8 Å². The number of rotatable bonds is 6. The summed E-state index contributed by atoms with van der Waals surface area (Å²) >= 11 is 0. The molecule has 0 aliphatic heterocycles. The van der Waals surface area contributed by atoms with Crippen LogP contribution >= 0.6 is 0 Å². The van der Waals surface area contributed by atoms with E-state index in [9.17, 15) is 8.78 Å². The van der Waals surface area contributed by atoms with Gasteiger partial charge in [0, 0.05) is 5.56 Å². The van der Waals surface area contributed by atoms with E-state index in [1.807, 2.05) is 24.3 Å². The highest BCUT2D eigenvalue weighted by atomic mass is 19.2. The minimum absolute atomic E-state index is 0.106. The maximum Gasteiger partial charge on any atom is 0.200 e. The lowest BCUT2D eigenvalue weighted by Gasteiger charge is -2.20. The molecule has 0 spiro atoms. The second-order valence-electron chi connectivity index (χ2n) is 4.45.